The standard InChI is InChI=1S/C17H14N4O6S2/c1-27-14-5-3-2-4-13(14)20-29(25,26)15-10-28-17(18-15)19-16(22)11-6-8-12(9-7-11)21(23)24/h2-10,20H,1H3,(H,18,19,22). The first-order valence-corrected chi connectivity index (χ1v) is 10.3. The number of amides is 1. The van der Waals surface area contributed by atoms with E-state index >= 15 is 0 Å². The summed E-state index contributed by atoms with van der Waals surface area (Å²) in [7, 11) is -2.58. The van der Waals surface area contributed by atoms with Gasteiger partial charge in [0, 0.05) is 23.1 Å². The number of rotatable bonds is 7. The summed E-state index contributed by atoms with van der Waals surface area (Å²) in [5, 5.41) is 14.2. The molecule has 0 bridgehead atoms. The Kier molecular flexibility index (Phi) is 5.75. The number of nitro benzene ring substituents is 1. The zero-order valence-electron chi connectivity index (χ0n) is 14.9. The van der Waals surface area contributed by atoms with Gasteiger partial charge in [-0.15, -0.1) is 11.3 Å². The van der Waals surface area contributed by atoms with Crippen LogP contribution >= 0.6 is 11.3 Å². The van der Waals surface area contributed by atoms with Crippen LogP contribution in [0.4, 0.5) is 16.5 Å². The third-order valence-corrected chi connectivity index (χ3v) is 5.83. The number of nitro groups is 1. The number of nitrogens with one attached hydrogen (secondary N) is 2. The minimum atomic E-state index is -4.00. The number of para-hydroxylation sites is 2. The van der Waals surface area contributed by atoms with Gasteiger partial charge in [0.2, 0.25) is 0 Å². The van der Waals surface area contributed by atoms with Gasteiger partial charge in [0.25, 0.3) is 21.6 Å². The van der Waals surface area contributed by atoms with Crippen molar-refractivity contribution in [3.8, 4) is 5.75 Å². The lowest BCUT2D eigenvalue weighted by Crippen LogP contribution is -2.15. The van der Waals surface area contributed by atoms with Crippen LogP contribution in [0, 0.1) is 10.1 Å². The third kappa shape index (κ3) is 4.67. The van der Waals surface area contributed by atoms with Crippen molar-refractivity contribution in [2.75, 3.05) is 17.1 Å². The predicted molar refractivity (Wildman–Crippen MR) is 107 cm³/mol. The molecule has 0 atom stereocenters. The van der Waals surface area contributed by atoms with Crippen molar-refractivity contribution < 1.29 is 22.9 Å². The van der Waals surface area contributed by atoms with E-state index in [1.54, 1.807) is 24.3 Å². The van der Waals surface area contributed by atoms with E-state index in [0.29, 0.717) is 5.75 Å². The van der Waals surface area contributed by atoms with Crippen LogP contribution in [0.3, 0.4) is 0 Å². The highest BCUT2D eigenvalue weighted by Gasteiger charge is 2.21. The summed E-state index contributed by atoms with van der Waals surface area (Å²) < 4.78 is 32.6. The van der Waals surface area contributed by atoms with Crippen LogP contribution in [0.1, 0.15) is 10.4 Å². The molecule has 2 N–H and O–H groups in total. The van der Waals surface area contributed by atoms with Crippen molar-refractivity contribution in [3.63, 3.8) is 0 Å². The van der Waals surface area contributed by atoms with Gasteiger partial charge in [-0.3, -0.25) is 24.9 Å². The Balaban J connectivity index is 1.74. The Morgan fingerprint density at radius 1 is 1.17 bits per heavy atom. The molecule has 1 amide bonds. The average molecular weight is 434 g/mol. The normalized spacial score (nSPS) is 10.9. The van der Waals surface area contributed by atoms with E-state index in [4.69, 9.17) is 4.74 Å². The number of anilines is 2. The largest absolute Gasteiger partial charge is 0.495 e. The Hall–Kier alpha value is -3.51. The van der Waals surface area contributed by atoms with E-state index in [1.807, 2.05) is 0 Å². The van der Waals surface area contributed by atoms with Crippen LogP contribution < -0.4 is 14.8 Å². The number of hydrogen-bond acceptors (Lipinski definition) is 8. The highest BCUT2D eigenvalue weighted by molar-refractivity contribution is 7.92. The Morgan fingerprint density at radius 2 is 1.86 bits per heavy atom. The molecule has 0 saturated heterocycles. The van der Waals surface area contributed by atoms with Gasteiger partial charge in [0.05, 0.1) is 17.7 Å². The first kappa shape index (κ1) is 20.2. The SMILES string of the molecule is COc1ccccc1NS(=O)(=O)c1csc(NC(=O)c2ccc([N+](=O)[O-])cc2)n1. The molecule has 1 heterocycles. The van der Waals surface area contributed by atoms with E-state index in [-0.39, 0.29) is 27.1 Å². The summed E-state index contributed by atoms with van der Waals surface area (Å²) in [6.07, 6.45) is 0. The summed E-state index contributed by atoms with van der Waals surface area (Å²) in [6.45, 7) is 0. The number of hydrogen-bond donors (Lipinski definition) is 2. The smallest absolute Gasteiger partial charge is 0.280 e. The van der Waals surface area contributed by atoms with Gasteiger partial charge in [-0.25, -0.2) is 4.98 Å². The predicted octanol–water partition coefficient (Wildman–Crippen LogP) is 3.11. The topological polar surface area (TPSA) is 141 Å². The fourth-order valence-electron chi connectivity index (χ4n) is 2.27. The molecule has 3 aromatic rings. The van der Waals surface area contributed by atoms with Gasteiger partial charge in [-0.1, -0.05) is 12.1 Å². The average Bonchev–Trinajstić information content (AvgIpc) is 3.17. The van der Waals surface area contributed by atoms with Crippen LogP contribution in [0.25, 0.3) is 0 Å². The second kappa shape index (κ2) is 8.24. The summed E-state index contributed by atoms with van der Waals surface area (Å²) in [6, 6.07) is 11.5. The van der Waals surface area contributed by atoms with Gasteiger partial charge < -0.3 is 4.74 Å². The van der Waals surface area contributed by atoms with Crippen molar-refractivity contribution in [3.05, 3.63) is 69.6 Å². The van der Waals surface area contributed by atoms with Crippen molar-refractivity contribution >= 4 is 43.8 Å². The molecular weight excluding hydrogens is 420 g/mol. The van der Waals surface area contributed by atoms with Gasteiger partial charge in [0.15, 0.2) is 10.2 Å². The van der Waals surface area contributed by atoms with E-state index in [9.17, 15) is 23.3 Å². The number of aromatic nitrogens is 1. The van der Waals surface area contributed by atoms with E-state index in [0.717, 1.165) is 11.3 Å². The molecule has 0 aliphatic carbocycles. The van der Waals surface area contributed by atoms with E-state index in [1.165, 1.54) is 36.8 Å². The van der Waals surface area contributed by atoms with Crippen LogP contribution in [-0.2, 0) is 10.0 Å². The number of ether oxygens (including phenoxy) is 1. The second-order valence-electron chi connectivity index (χ2n) is 5.55. The molecule has 29 heavy (non-hydrogen) atoms. The maximum atomic E-state index is 12.5. The number of sulfonamides is 1. The zero-order chi connectivity index (χ0) is 21.0. The van der Waals surface area contributed by atoms with Crippen molar-refractivity contribution in [2.24, 2.45) is 0 Å². The molecule has 1 aromatic heterocycles. The van der Waals surface area contributed by atoms with Gasteiger partial charge in [-0.2, -0.15) is 8.42 Å². The number of benzene rings is 2. The number of nitrogens with zero attached hydrogens (tertiary/aromatic N) is 2. The Bertz CT molecular complexity index is 1160. The molecule has 12 heteroatoms. The zero-order valence-corrected chi connectivity index (χ0v) is 16.5. The molecule has 0 radical (unpaired) electrons. The minimum absolute atomic E-state index is 0.0637. The van der Waals surface area contributed by atoms with Crippen LogP contribution in [0.5, 0.6) is 5.75 Å². The van der Waals surface area contributed by atoms with Gasteiger partial charge in [0.1, 0.15) is 5.75 Å². The molecule has 0 saturated carbocycles. The maximum Gasteiger partial charge on any atom is 0.280 e. The third-order valence-electron chi connectivity index (χ3n) is 3.67. The molecular formula is C17H14N4O6S2. The highest BCUT2D eigenvalue weighted by atomic mass is 32.2. The van der Waals surface area contributed by atoms with Crippen molar-refractivity contribution in [2.45, 2.75) is 5.03 Å². The summed E-state index contributed by atoms with van der Waals surface area (Å²) >= 11 is 0.926. The lowest BCUT2D eigenvalue weighted by atomic mass is 10.2. The first-order chi connectivity index (χ1) is 13.8. The highest BCUT2D eigenvalue weighted by Crippen LogP contribution is 2.27. The monoisotopic (exact) mass is 434 g/mol. The molecule has 150 valence electrons. The molecule has 0 aliphatic rings. The molecule has 3 rings (SSSR count). The first-order valence-electron chi connectivity index (χ1n) is 7.97. The minimum Gasteiger partial charge on any atom is -0.495 e. The summed E-state index contributed by atoms with van der Waals surface area (Å²) in [5.41, 5.74) is 0.272. The van der Waals surface area contributed by atoms with E-state index in [2.05, 4.69) is 15.0 Å². The van der Waals surface area contributed by atoms with Crippen LogP contribution in [-0.4, -0.2) is 31.3 Å². The molecule has 2 aromatic carbocycles. The van der Waals surface area contributed by atoms with Gasteiger partial charge in [-0.05, 0) is 24.3 Å². The molecule has 0 spiro atoms. The summed E-state index contributed by atoms with van der Waals surface area (Å²) in [5.74, 6) is -0.228. The number of non-ortho nitro benzene ring substituents is 1. The fraction of sp³-hybridized carbons (Fsp3) is 0.0588. The lowest BCUT2D eigenvalue weighted by Gasteiger charge is -2.09. The van der Waals surface area contributed by atoms with Crippen molar-refractivity contribution in [1.82, 2.24) is 4.98 Å². The van der Waals surface area contributed by atoms with Crippen LogP contribution in [0.2, 0.25) is 0 Å². The van der Waals surface area contributed by atoms with Crippen LogP contribution in [0.15, 0.2) is 58.9 Å². The quantitative estimate of drug-likeness (QED) is 0.430. The second-order valence-corrected chi connectivity index (χ2v) is 8.04. The number of methoxy groups -OCH3 is 1. The molecule has 10 nitrogen and oxygen atoms in total. The molecule has 0 fully saturated rings. The molecule has 0 aliphatic heterocycles. The van der Waals surface area contributed by atoms with Gasteiger partial charge >= 0.3 is 0 Å². The summed E-state index contributed by atoms with van der Waals surface area (Å²) in [4.78, 5) is 26.3. The van der Waals surface area contributed by atoms with Crippen molar-refractivity contribution in [1.29, 1.82) is 0 Å². The lowest BCUT2D eigenvalue weighted by molar-refractivity contribution is -0.384. The fourth-order valence-corrected chi connectivity index (χ4v) is 4.32. The van der Waals surface area contributed by atoms with E-state index < -0.39 is 20.9 Å². The Morgan fingerprint density at radius 3 is 2.52 bits per heavy atom. The number of carbonyl (C=O) groups is 1. The maximum absolute atomic E-state index is 12.5. The molecule has 0 unspecified atom stereocenters. The number of thiazole rings is 1. The number of carbonyl (C=O) groups excluding carboxylic acids is 1. The Labute approximate surface area is 169 Å².